The van der Waals surface area contributed by atoms with Gasteiger partial charge in [-0.1, -0.05) is 56.2 Å². The first-order chi connectivity index (χ1) is 15.5. The summed E-state index contributed by atoms with van der Waals surface area (Å²) in [6, 6.07) is 15.6. The third-order valence-corrected chi connectivity index (χ3v) is 6.41. The van der Waals surface area contributed by atoms with E-state index in [9.17, 15) is 9.59 Å². The maximum absolute atomic E-state index is 13.3. The Labute approximate surface area is 192 Å². The van der Waals surface area contributed by atoms with Gasteiger partial charge in [-0.2, -0.15) is 0 Å². The van der Waals surface area contributed by atoms with Crippen LogP contribution in [0, 0.1) is 13.8 Å². The van der Waals surface area contributed by atoms with Gasteiger partial charge in [0.1, 0.15) is 11.8 Å². The second-order valence-corrected chi connectivity index (χ2v) is 8.77. The third kappa shape index (κ3) is 6.59. The van der Waals surface area contributed by atoms with Crippen molar-refractivity contribution in [3.63, 3.8) is 0 Å². The predicted molar refractivity (Wildman–Crippen MR) is 128 cm³/mol. The number of carbonyl (C=O) groups is 2. The van der Waals surface area contributed by atoms with Crippen LogP contribution in [-0.4, -0.2) is 41.9 Å². The minimum absolute atomic E-state index is 0.0491. The van der Waals surface area contributed by atoms with E-state index in [2.05, 4.69) is 5.32 Å². The average molecular weight is 437 g/mol. The lowest BCUT2D eigenvalue weighted by atomic mass is 10.1. The number of hydrogen-bond donors (Lipinski definition) is 1. The molecule has 0 saturated heterocycles. The van der Waals surface area contributed by atoms with Crippen molar-refractivity contribution in [3.05, 3.63) is 65.2 Å². The molecule has 32 heavy (non-hydrogen) atoms. The van der Waals surface area contributed by atoms with E-state index in [1.165, 1.54) is 5.56 Å². The van der Waals surface area contributed by atoms with Crippen molar-refractivity contribution in [1.29, 1.82) is 0 Å². The maximum atomic E-state index is 13.3. The first kappa shape index (κ1) is 23.8. The molecule has 0 aromatic heterocycles. The number of amides is 2. The number of hydrogen-bond acceptors (Lipinski definition) is 3. The van der Waals surface area contributed by atoms with Gasteiger partial charge in [0, 0.05) is 12.6 Å². The van der Waals surface area contributed by atoms with E-state index in [4.69, 9.17) is 4.74 Å². The average Bonchev–Trinajstić information content (AvgIpc) is 3.30. The normalized spacial score (nSPS) is 14.7. The Kier molecular flexibility index (Phi) is 8.72. The zero-order valence-electron chi connectivity index (χ0n) is 19.6. The number of carbonyl (C=O) groups excluding carboxylic acids is 2. The van der Waals surface area contributed by atoms with Crippen LogP contribution in [0.1, 0.15) is 55.7 Å². The molecular formula is C27H36N2O3. The van der Waals surface area contributed by atoms with Gasteiger partial charge < -0.3 is 15.0 Å². The van der Waals surface area contributed by atoms with Crippen molar-refractivity contribution in [2.75, 3.05) is 13.2 Å². The molecule has 1 N–H and O–H groups in total. The van der Waals surface area contributed by atoms with E-state index < -0.39 is 6.04 Å². The van der Waals surface area contributed by atoms with Crippen molar-refractivity contribution in [1.82, 2.24) is 10.2 Å². The summed E-state index contributed by atoms with van der Waals surface area (Å²) < 4.78 is 5.82. The van der Waals surface area contributed by atoms with E-state index in [1.54, 1.807) is 4.90 Å². The van der Waals surface area contributed by atoms with Crippen LogP contribution in [0.3, 0.4) is 0 Å². The van der Waals surface area contributed by atoms with E-state index in [-0.39, 0.29) is 24.5 Å². The van der Waals surface area contributed by atoms with Gasteiger partial charge in [-0.05, 0) is 68.4 Å². The monoisotopic (exact) mass is 436 g/mol. The number of ether oxygens (including phenoxy) is 1. The van der Waals surface area contributed by atoms with Crippen LogP contribution >= 0.6 is 0 Å². The van der Waals surface area contributed by atoms with Gasteiger partial charge >= 0.3 is 0 Å². The third-order valence-electron chi connectivity index (χ3n) is 6.41. The highest BCUT2D eigenvalue weighted by Crippen LogP contribution is 2.19. The molecule has 3 rings (SSSR count). The second kappa shape index (κ2) is 11.7. The Morgan fingerprint density at radius 2 is 1.78 bits per heavy atom. The maximum Gasteiger partial charge on any atom is 0.261 e. The highest BCUT2D eigenvalue weighted by Gasteiger charge is 2.30. The van der Waals surface area contributed by atoms with E-state index in [0.29, 0.717) is 25.1 Å². The van der Waals surface area contributed by atoms with Gasteiger partial charge in [0.05, 0.1) is 0 Å². The Morgan fingerprint density at radius 3 is 2.44 bits per heavy atom. The van der Waals surface area contributed by atoms with E-state index in [1.807, 2.05) is 69.3 Å². The van der Waals surface area contributed by atoms with Crippen LogP contribution in [-0.2, 0) is 16.0 Å². The number of nitrogens with zero attached hydrogens (tertiary/aromatic N) is 1. The highest BCUT2D eigenvalue weighted by atomic mass is 16.5. The standard InChI is InChI=1S/C27H36N2O3/c1-4-25(27(31)28-23-12-8-9-13-23)29(17-16-22-10-6-5-7-11-22)26(30)19-32-24-15-14-20(2)21(3)18-24/h5-7,10-11,14-15,18,23,25H,4,8-9,12-13,16-17,19H2,1-3H3,(H,28,31)/t25-/m1/s1. The predicted octanol–water partition coefficient (Wildman–Crippen LogP) is 4.59. The molecular weight excluding hydrogens is 400 g/mol. The zero-order chi connectivity index (χ0) is 22.9. The van der Waals surface area contributed by atoms with Gasteiger partial charge in [0.2, 0.25) is 5.91 Å². The van der Waals surface area contributed by atoms with Crippen molar-refractivity contribution < 1.29 is 14.3 Å². The zero-order valence-corrected chi connectivity index (χ0v) is 19.6. The summed E-state index contributed by atoms with van der Waals surface area (Å²) in [6.07, 6.45) is 5.63. The minimum Gasteiger partial charge on any atom is -0.484 e. The molecule has 2 amide bonds. The Balaban J connectivity index is 1.70. The van der Waals surface area contributed by atoms with Crippen molar-refractivity contribution in [3.8, 4) is 5.75 Å². The summed E-state index contributed by atoms with van der Waals surface area (Å²) in [5, 5.41) is 3.18. The van der Waals surface area contributed by atoms with Gasteiger partial charge in [-0.15, -0.1) is 0 Å². The largest absolute Gasteiger partial charge is 0.484 e. The smallest absolute Gasteiger partial charge is 0.261 e. The second-order valence-electron chi connectivity index (χ2n) is 8.77. The lowest BCUT2D eigenvalue weighted by molar-refractivity contribution is -0.142. The molecule has 0 unspecified atom stereocenters. The Bertz CT molecular complexity index is 891. The molecule has 172 valence electrons. The summed E-state index contributed by atoms with van der Waals surface area (Å²) in [6.45, 7) is 6.44. The first-order valence-corrected chi connectivity index (χ1v) is 11.8. The van der Waals surface area contributed by atoms with Gasteiger partial charge in [-0.3, -0.25) is 9.59 Å². The lowest BCUT2D eigenvalue weighted by Gasteiger charge is -2.31. The van der Waals surface area contributed by atoms with Gasteiger partial charge in [-0.25, -0.2) is 0 Å². The van der Waals surface area contributed by atoms with E-state index in [0.717, 1.165) is 36.8 Å². The fourth-order valence-corrected chi connectivity index (χ4v) is 4.30. The van der Waals surface area contributed by atoms with Crippen LogP contribution in [0.15, 0.2) is 48.5 Å². The van der Waals surface area contributed by atoms with Gasteiger partial charge in [0.15, 0.2) is 6.61 Å². The summed E-state index contributed by atoms with van der Waals surface area (Å²) in [4.78, 5) is 28.1. The van der Waals surface area contributed by atoms with Crippen LogP contribution in [0.25, 0.3) is 0 Å². The number of rotatable bonds is 10. The van der Waals surface area contributed by atoms with Crippen LogP contribution < -0.4 is 10.1 Å². The SMILES string of the molecule is CC[C@H](C(=O)NC1CCCC1)N(CCc1ccccc1)C(=O)COc1ccc(C)c(C)c1. The molecule has 5 nitrogen and oxygen atoms in total. The topological polar surface area (TPSA) is 58.6 Å². The van der Waals surface area contributed by atoms with Crippen LogP contribution in [0.4, 0.5) is 0 Å². The Morgan fingerprint density at radius 1 is 1.06 bits per heavy atom. The molecule has 1 aliphatic rings. The van der Waals surface area contributed by atoms with E-state index >= 15 is 0 Å². The molecule has 0 bridgehead atoms. The molecule has 1 aliphatic carbocycles. The quantitative estimate of drug-likeness (QED) is 0.593. The molecule has 0 heterocycles. The molecule has 1 saturated carbocycles. The van der Waals surface area contributed by atoms with Crippen LogP contribution in [0.5, 0.6) is 5.75 Å². The summed E-state index contributed by atoms with van der Waals surface area (Å²) in [5.41, 5.74) is 3.45. The number of benzene rings is 2. The van der Waals surface area contributed by atoms with Gasteiger partial charge in [0.25, 0.3) is 5.91 Å². The molecule has 1 atom stereocenters. The summed E-state index contributed by atoms with van der Waals surface area (Å²) in [5.74, 6) is 0.465. The highest BCUT2D eigenvalue weighted by molar-refractivity contribution is 5.88. The summed E-state index contributed by atoms with van der Waals surface area (Å²) >= 11 is 0. The molecule has 2 aromatic rings. The molecule has 0 radical (unpaired) electrons. The number of nitrogens with one attached hydrogen (secondary N) is 1. The molecule has 2 aromatic carbocycles. The molecule has 5 heteroatoms. The molecule has 0 spiro atoms. The Hall–Kier alpha value is -2.82. The molecule has 0 aliphatic heterocycles. The van der Waals surface area contributed by atoms with Crippen molar-refractivity contribution in [2.45, 2.75) is 71.4 Å². The number of aryl methyl sites for hydroxylation is 2. The summed E-state index contributed by atoms with van der Waals surface area (Å²) in [7, 11) is 0. The fraction of sp³-hybridized carbons (Fsp3) is 0.481. The van der Waals surface area contributed by atoms with Crippen molar-refractivity contribution >= 4 is 11.8 Å². The van der Waals surface area contributed by atoms with Crippen LogP contribution in [0.2, 0.25) is 0 Å². The first-order valence-electron chi connectivity index (χ1n) is 11.8. The lowest BCUT2D eigenvalue weighted by Crippen LogP contribution is -2.52. The van der Waals surface area contributed by atoms with Crippen molar-refractivity contribution in [2.24, 2.45) is 0 Å². The molecule has 1 fully saturated rings. The minimum atomic E-state index is -0.491. The fourth-order valence-electron chi connectivity index (χ4n) is 4.30.